The van der Waals surface area contributed by atoms with E-state index in [2.05, 4.69) is 4.72 Å². The van der Waals surface area contributed by atoms with E-state index in [0.717, 1.165) is 17.8 Å². The number of carbonyl (C=O) groups excluding carboxylic acids is 1. The first-order valence-corrected chi connectivity index (χ1v) is 19.6. The highest BCUT2D eigenvalue weighted by molar-refractivity contribution is 7.94. The van der Waals surface area contributed by atoms with Gasteiger partial charge in [-0.1, -0.05) is 13.0 Å². The Kier molecular flexibility index (Phi) is 12.9. The van der Waals surface area contributed by atoms with Gasteiger partial charge < -0.3 is 24.2 Å². The number of hydrogen-bond donors (Lipinski definition) is 2. The number of benzene rings is 2. The molecule has 0 aliphatic carbocycles. The van der Waals surface area contributed by atoms with Crippen LogP contribution in [0.5, 0.6) is 11.5 Å². The number of amides is 1. The number of hydrogen-bond acceptors (Lipinski definition) is 10. The molecule has 0 saturated carbocycles. The molecule has 12 nitrogen and oxygen atoms in total. The molecule has 15 heteroatoms. The maximum Gasteiger partial charge on any atom is 0.271 e. The molecular formula is C33H45N3O9S3. The molecule has 2 N–H and O–H groups in total. The van der Waals surface area contributed by atoms with Gasteiger partial charge in [-0.2, -0.15) is 4.31 Å². The molecular weight excluding hydrogens is 679 g/mol. The number of thiophene rings is 1. The van der Waals surface area contributed by atoms with Crippen LogP contribution in [0.4, 0.5) is 5.69 Å². The summed E-state index contributed by atoms with van der Waals surface area (Å²) in [5, 5.41) is 11.9. The van der Waals surface area contributed by atoms with Crippen LogP contribution in [-0.4, -0.2) is 95.8 Å². The van der Waals surface area contributed by atoms with Crippen molar-refractivity contribution >= 4 is 43.0 Å². The Morgan fingerprint density at radius 1 is 1.10 bits per heavy atom. The number of ether oxygens (including phenoxy) is 3. The minimum Gasteiger partial charge on any atom is -0.497 e. The van der Waals surface area contributed by atoms with E-state index in [1.54, 1.807) is 42.6 Å². The molecule has 3 aromatic rings. The molecule has 0 bridgehead atoms. The minimum atomic E-state index is -3.89. The monoisotopic (exact) mass is 723 g/mol. The van der Waals surface area contributed by atoms with Gasteiger partial charge in [0.1, 0.15) is 15.7 Å². The molecule has 0 unspecified atom stereocenters. The highest BCUT2D eigenvalue weighted by Crippen LogP contribution is 2.30. The molecule has 1 aliphatic rings. The fraction of sp³-hybridized carbons (Fsp3) is 0.485. The molecule has 0 saturated heterocycles. The third kappa shape index (κ3) is 9.27. The van der Waals surface area contributed by atoms with E-state index in [4.69, 9.17) is 14.2 Å². The number of rotatable bonds is 10. The molecule has 1 aromatic heterocycles. The van der Waals surface area contributed by atoms with Gasteiger partial charge in [-0.3, -0.25) is 9.52 Å². The van der Waals surface area contributed by atoms with Crippen molar-refractivity contribution < 1.29 is 40.9 Å². The van der Waals surface area contributed by atoms with Crippen LogP contribution >= 0.6 is 11.3 Å². The molecule has 4 rings (SSSR count). The summed E-state index contributed by atoms with van der Waals surface area (Å²) >= 11 is 1.08. The second-order valence-electron chi connectivity index (χ2n) is 12.0. The van der Waals surface area contributed by atoms with Crippen molar-refractivity contribution in [2.24, 2.45) is 5.92 Å². The first kappa shape index (κ1) is 37.6. The second-order valence-corrected chi connectivity index (χ2v) is 16.9. The summed E-state index contributed by atoms with van der Waals surface area (Å²) in [6.07, 6.45) is 1.26. The van der Waals surface area contributed by atoms with E-state index < -0.39 is 38.1 Å². The predicted molar refractivity (Wildman–Crippen MR) is 185 cm³/mol. The van der Waals surface area contributed by atoms with Crippen molar-refractivity contribution in [2.75, 3.05) is 45.2 Å². The third-order valence-corrected chi connectivity index (χ3v) is 12.9. The fourth-order valence-electron chi connectivity index (χ4n) is 5.35. The summed E-state index contributed by atoms with van der Waals surface area (Å²) in [6, 6.07) is 13.2. The fourth-order valence-corrected chi connectivity index (χ4v) is 8.58. The van der Waals surface area contributed by atoms with Gasteiger partial charge in [0.2, 0.25) is 10.0 Å². The maximum absolute atomic E-state index is 14.3. The maximum atomic E-state index is 14.3. The number of carbonyl (C=O) groups is 1. The van der Waals surface area contributed by atoms with Crippen LogP contribution in [-0.2, 0) is 24.8 Å². The van der Waals surface area contributed by atoms with Crippen LogP contribution in [0, 0.1) is 5.92 Å². The minimum absolute atomic E-state index is 0.0236. The molecule has 2 aromatic carbocycles. The van der Waals surface area contributed by atoms with Gasteiger partial charge in [-0.05, 0) is 87.0 Å². The van der Waals surface area contributed by atoms with Gasteiger partial charge in [0.15, 0.2) is 0 Å². The molecule has 1 amide bonds. The standard InChI is InChI=1S/C33H45N3O9S3/c1-23-20-36(24(2)22-37)33(38)29-19-26(34-47(39,40)32-10-8-18-46-32)11-16-30(29)45-25(3)9-6-7-17-44-31(23)21-35(4)48(41,42)28-14-12-27(43-5)13-15-28/h8,10-16,18-19,23-25,31,34,37H,6-7,9,17,20-22H2,1-5H3/t23-,24+,25-,31+/m0/s1. The number of sulfonamides is 2. The number of methoxy groups -OCH3 is 1. The number of nitrogens with one attached hydrogen (secondary N) is 1. The zero-order valence-electron chi connectivity index (χ0n) is 27.9. The van der Waals surface area contributed by atoms with Crippen molar-refractivity contribution in [3.05, 3.63) is 65.5 Å². The topological polar surface area (TPSA) is 152 Å². The van der Waals surface area contributed by atoms with Gasteiger partial charge >= 0.3 is 0 Å². The second kappa shape index (κ2) is 16.5. The average molecular weight is 724 g/mol. The van der Waals surface area contributed by atoms with Crippen LogP contribution in [0.15, 0.2) is 69.1 Å². The van der Waals surface area contributed by atoms with E-state index in [9.17, 15) is 26.7 Å². The number of fused-ring (bicyclic) bond motifs is 1. The summed E-state index contributed by atoms with van der Waals surface area (Å²) in [5.74, 6) is -0.0128. The Bertz CT molecular complexity index is 1720. The van der Waals surface area contributed by atoms with Crippen LogP contribution in [0.1, 0.15) is 50.4 Å². The van der Waals surface area contributed by atoms with Crippen LogP contribution < -0.4 is 14.2 Å². The Balaban J connectivity index is 1.66. The Morgan fingerprint density at radius 2 is 1.83 bits per heavy atom. The van der Waals surface area contributed by atoms with Crippen LogP contribution in [0.3, 0.4) is 0 Å². The summed E-state index contributed by atoms with van der Waals surface area (Å²) in [4.78, 5) is 15.9. The van der Waals surface area contributed by atoms with E-state index in [1.807, 2.05) is 13.8 Å². The average Bonchev–Trinajstić information content (AvgIpc) is 3.62. The quantitative estimate of drug-likeness (QED) is 0.304. The molecule has 1 aliphatic heterocycles. The molecule has 48 heavy (non-hydrogen) atoms. The van der Waals surface area contributed by atoms with Crippen molar-refractivity contribution in [2.45, 2.75) is 67.4 Å². The van der Waals surface area contributed by atoms with Crippen molar-refractivity contribution in [1.29, 1.82) is 0 Å². The van der Waals surface area contributed by atoms with E-state index >= 15 is 0 Å². The Labute approximate surface area is 287 Å². The van der Waals surface area contributed by atoms with Gasteiger partial charge in [0.05, 0.1) is 42.4 Å². The van der Waals surface area contributed by atoms with Crippen molar-refractivity contribution in [3.8, 4) is 11.5 Å². The lowest BCUT2D eigenvalue weighted by Gasteiger charge is -2.35. The first-order valence-electron chi connectivity index (χ1n) is 15.8. The summed E-state index contributed by atoms with van der Waals surface area (Å²) in [6.45, 7) is 5.65. The molecule has 2 heterocycles. The highest BCUT2D eigenvalue weighted by Gasteiger charge is 2.32. The van der Waals surface area contributed by atoms with Gasteiger partial charge in [-0.15, -0.1) is 11.3 Å². The number of likely N-dealkylation sites (N-methyl/N-ethyl adjacent to an activating group) is 1. The van der Waals surface area contributed by atoms with E-state index in [1.165, 1.54) is 47.6 Å². The lowest BCUT2D eigenvalue weighted by molar-refractivity contribution is -0.00833. The normalized spacial score (nSPS) is 20.8. The summed E-state index contributed by atoms with van der Waals surface area (Å²) in [7, 11) is -4.76. The third-order valence-electron chi connectivity index (χ3n) is 8.27. The van der Waals surface area contributed by atoms with E-state index in [0.29, 0.717) is 30.9 Å². The Morgan fingerprint density at radius 3 is 2.48 bits per heavy atom. The van der Waals surface area contributed by atoms with Crippen LogP contribution in [0.2, 0.25) is 0 Å². The zero-order chi connectivity index (χ0) is 35.1. The molecule has 0 radical (unpaired) electrons. The largest absolute Gasteiger partial charge is 0.497 e. The van der Waals surface area contributed by atoms with Gasteiger partial charge in [0.25, 0.3) is 15.9 Å². The number of aliphatic hydroxyl groups excluding tert-OH is 1. The zero-order valence-corrected chi connectivity index (χ0v) is 30.3. The summed E-state index contributed by atoms with van der Waals surface area (Å²) < 4.78 is 74.6. The molecule has 0 fully saturated rings. The summed E-state index contributed by atoms with van der Waals surface area (Å²) in [5.41, 5.74) is 0.318. The SMILES string of the molecule is COc1ccc(S(=O)(=O)N(C)C[C@H]2OCCCC[C@H](C)Oc3ccc(NS(=O)(=O)c4cccs4)cc3C(=O)N([C@H](C)CO)C[C@@H]2C)cc1. The first-order chi connectivity index (χ1) is 22.8. The van der Waals surface area contributed by atoms with Crippen molar-refractivity contribution in [3.63, 3.8) is 0 Å². The molecule has 0 spiro atoms. The smallest absolute Gasteiger partial charge is 0.271 e. The number of aliphatic hydroxyl groups is 1. The highest BCUT2D eigenvalue weighted by atomic mass is 32.2. The van der Waals surface area contributed by atoms with Crippen molar-refractivity contribution in [1.82, 2.24) is 9.21 Å². The number of nitrogens with zero attached hydrogens (tertiary/aromatic N) is 2. The lowest BCUT2D eigenvalue weighted by atomic mass is 10.0. The van der Waals surface area contributed by atoms with Gasteiger partial charge in [-0.25, -0.2) is 16.8 Å². The predicted octanol–water partition coefficient (Wildman–Crippen LogP) is 4.67. The van der Waals surface area contributed by atoms with E-state index in [-0.39, 0.29) is 52.1 Å². The molecule has 4 atom stereocenters. The van der Waals surface area contributed by atoms with Crippen LogP contribution in [0.25, 0.3) is 0 Å². The Hall–Kier alpha value is -3.21. The lowest BCUT2D eigenvalue weighted by Crippen LogP contribution is -2.48. The van der Waals surface area contributed by atoms with Gasteiger partial charge in [0, 0.05) is 38.3 Å². The molecule has 264 valence electrons. The number of anilines is 1.